The van der Waals surface area contributed by atoms with E-state index in [1.54, 1.807) is 12.4 Å². The van der Waals surface area contributed by atoms with Crippen molar-refractivity contribution in [3.63, 3.8) is 0 Å². The Balaban J connectivity index is 1.82. The zero-order chi connectivity index (χ0) is 21.4. The van der Waals surface area contributed by atoms with Gasteiger partial charge >= 0.3 is 0 Å². The third-order valence-electron chi connectivity index (χ3n) is 5.51. The standard InChI is InChI=1S/C25H21BN4O/c1-3-30(4-2)18-6-8-21-23(14-18)31-24-15-22(28-17-9-11-27-12-10-17)20-13-16(26)5-7-19(20)25(24)29-21/h5-15H,3-4H2,1-2H3. The zero-order valence-corrected chi connectivity index (χ0v) is 17.5. The van der Waals surface area contributed by atoms with Crippen LogP contribution >= 0.6 is 0 Å². The van der Waals surface area contributed by atoms with Gasteiger partial charge in [0.25, 0.3) is 0 Å². The number of anilines is 1. The summed E-state index contributed by atoms with van der Waals surface area (Å²) >= 11 is 0. The van der Waals surface area contributed by atoms with E-state index in [-0.39, 0.29) is 0 Å². The zero-order valence-electron chi connectivity index (χ0n) is 17.5. The van der Waals surface area contributed by atoms with E-state index in [1.165, 1.54) is 0 Å². The Morgan fingerprint density at radius 1 is 0.935 bits per heavy atom. The number of pyridine rings is 1. The molecule has 0 fully saturated rings. The molecular formula is C25H21BN4O. The van der Waals surface area contributed by atoms with Gasteiger partial charge < -0.3 is 9.32 Å². The van der Waals surface area contributed by atoms with Crippen LogP contribution in [-0.4, -0.2) is 30.9 Å². The first-order valence-corrected chi connectivity index (χ1v) is 10.4. The molecule has 2 aromatic carbocycles. The maximum absolute atomic E-state index is 6.35. The van der Waals surface area contributed by atoms with Crippen LogP contribution in [0, 0.1) is 0 Å². The van der Waals surface area contributed by atoms with Gasteiger partial charge in [0, 0.05) is 54.1 Å². The van der Waals surface area contributed by atoms with E-state index in [2.05, 4.69) is 35.9 Å². The van der Waals surface area contributed by atoms with Gasteiger partial charge in [-0.05, 0) is 38.1 Å². The van der Waals surface area contributed by atoms with E-state index in [0.717, 1.165) is 57.4 Å². The van der Waals surface area contributed by atoms with E-state index < -0.39 is 0 Å². The van der Waals surface area contributed by atoms with Crippen LogP contribution in [-0.2, 0) is 0 Å². The summed E-state index contributed by atoms with van der Waals surface area (Å²) in [6.07, 6.45) is 3.45. The Kier molecular flexibility index (Phi) is 4.90. The third-order valence-corrected chi connectivity index (χ3v) is 5.51. The van der Waals surface area contributed by atoms with Crippen molar-refractivity contribution >= 4 is 46.6 Å². The second kappa shape index (κ2) is 7.87. The van der Waals surface area contributed by atoms with Gasteiger partial charge in [0.05, 0.1) is 11.0 Å². The lowest BCUT2D eigenvalue weighted by Gasteiger charge is -2.21. The Morgan fingerprint density at radius 3 is 2.52 bits per heavy atom. The number of aromatic nitrogens is 2. The summed E-state index contributed by atoms with van der Waals surface area (Å²) in [6.45, 7) is 6.16. The SMILES string of the molecule is [B]c1ccc2c3nc4ccc(N(CC)CC)cc4oc-3cc(=Nc3ccncc3)c2c1. The first-order valence-electron chi connectivity index (χ1n) is 10.4. The molecule has 150 valence electrons. The highest BCUT2D eigenvalue weighted by atomic mass is 16.3. The third kappa shape index (κ3) is 3.54. The summed E-state index contributed by atoms with van der Waals surface area (Å²) in [4.78, 5) is 16.1. The first kappa shape index (κ1) is 19.3. The van der Waals surface area contributed by atoms with E-state index in [9.17, 15) is 0 Å². The van der Waals surface area contributed by atoms with Crippen molar-refractivity contribution in [3.05, 3.63) is 72.3 Å². The molecular weight excluding hydrogens is 383 g/mol. The van der Waals surface area contributed by atoms with Crippen LogP contribution in [0.5, 0.6) is 0 Å². The molecule has 0 saturated heterocycles. The van der Waals surface area contributed by atoms with Gasteiger partial charge in [-0.15, -0.1) is 0 Å². The molecule has 0 saturated carbocycles. The van der Waals surface area contributed by atoms with Gasteiger partial charge in [0.2, 0.25) is 0 Å². The molecule has 1 aliphatic heterocycles. The molecule has 1 aliphatic carbocycles. The van der Waals surface area contributed by atoms with Crippen LogP contribution in [0.1, 0.15) is 13.8 Å². The lowest BCUT2D eigenvalue weighted by molar-refractivity contribution is 0.613. The maximum Gasteiger partial charge on any atom is 0.155 e. The predicted molar refractivity (Wildman–Crippen MR) is 127 cm³/mol. The Bertz CT molecular complexity index is 1420. The lowest BCUT2D eigenvalue weighted by Crippen LogP contribution is -2.21. The predicted octanol–water partition coefficient (Wildman–Crippen LogP) is 4.35. The van der Waals surface area contributed by atoms with E-state index in [0.29, 0.717) is 11.2 Å². The highest BCUT2D eigenvalue weighted by Gasteiger charge is 2.16. The van der Waals surface area contributed by atoms with Crippen molar-refractivity contribution in [1.29, 1.82) is 0 Å². The van der Waals surface area contributed by atoms with E-state index in [1.807, 2.05) is 42.5 Å². The average Bonchev–Trinajstić information content (AvgIpc) is 2.79. The number of hydrogen-bond acceptors (Lipinski definition) is 5. The first-order chi connectivity index (χ1) is 15.2. The van der Waals surface area contributed by atoms with E-state index in [4.69, 9.17) is 22.2 Å². The summed E-state index contributed by atoms with van der Waals surface area (Å²) < 4.78 is 6.35. The number of fused-ring (bicyclic) bond motifs is 4. The molecule has 0 atom stereocenters. The lowest BCUT2D eigenvalue weighted by atomic mass is 9.92. The number of hydrogen-bond donors (Lipinski definition) is 0. The molecule has 0 N–H and O–H groups in total. The highest BCUT2D eigenvalue weighted by Crippen LogP contribution is 2.31. The molecule has 0 bridgehead atoms. The molecule has 3 aromatic rings. The van der Waals surface area contributed by atoms with Crippen LogP contribution in [0.2, 0.25) is 0 Å². The number of rotatable bonds is 4. The van der Waals surface area contributed by atoms with Crippen LogP contribution in [0.25, 0.3) is 33.3 Å². The normalized spacial score (nSPS) is 12.1. The highest BCUT2D eigenvalue weighted by molar-refractivity contribution is 6.33. The van der Waals surface area contributed by atoms with E-state index >= 15 is 0 Å². The van der Waals surface area contributed by atoms with Crippen molar-refractivity contribution in [2.75, 3.05) is 18.0 Å². The van der Waals surface area contributed by atoms with Gasteiger partial charge in [-0.2, -0.15) is 0 Å². The van der Waals surface area contributed by atoms with Crippen molar-refractivity contribution < 1.29 is 4.42 Å². The summed E-state index contributed by atoms with van der Waals surface area (Å²) in [6, 6.07) is 17.6. The summed E-state index contributed by atoms with van der Waals surface area (Å²) in [5.41, 5.74) is 4.99. The van der Waals surface area contributed by atoms with Crippen molar-refractivity contribution in [1.82, 2.24) is 9.97 Å². The molecule has 2 radical (unpaired) electrons. The van der Waals surface area contributed by atoms with Gasteiger partial charge in [-0.3, -0.25) is 4.98 Å². The quantitative estimate of drug-likeness (QED) is 0.254. The van der Waals surface area contributed by atoms with Gasteiger partial charge in [-0.1, -0.05) is 23.7 Å². The topological polar surface area (TPSA) is 54.5 Å². The fourth-order valence-electron chi connectivity index (χ4n) is 3.93. The monoisotopic (exact) mass is 404 g/mol. The summed E-state index contributed by atoms with van der Waals surface area (Å²) in [7, 11) is 6.09. The second-order valence-electron chi connectivity index (χ2n) is 7.40. The van der Waals surface area contributed by atoms with Crippen LogP contribution < -0.4 is 15.7 Å². The fraction of sp³-hybridized carbons (Fsp3) is 0.160. The largest absolute Gasteiger partial charge is 0.453 e. The van der Waals surface area contributed by atoms with Crippen molar-refractivity contribution in [2.24, 2.45) is 4.99 Å². The fourth-order valence-corrected chi connectivity index (χ4v) is 3.93. The molecule has 1 aromatic heterocycles. The van der Waals surface area contributed by atoms with Gasteiger partial charge in [-0.25, -0.2) is 9.98 Å². The second-order valence-corrected chi connectivity index (χ2v) is 7.40. The molecule has 31 heavy (non-hydrogen) atoms. The molecule has 2 heterocycles. The maximum atomic E-state index is 6.35. The van der Waals surface area contributed by atoms with Crippen LogP contribution in [0.4, 0.5) is 11.4 Å². The Hall–Kier alpha value is -3.67. The van der Waals surface area contributed by atoms with Crippen LogP contribution in [0.15, 0.2) is 76.4 Å². The Labute approximate surface area is 181 Å². The van der Waals surface area contributed by atoms with Crippen molar-refractivity contribution in [3.8, 4) is 11.5 Å². The van der Waals surface area contributed by atoms with Crippen molar-refractivity contribution in [2.45, 2.75) is 13.8 Å². The van der Waals surface area contributed by atoms with Gasteiger partial charge in [0.15, 0.2) is 11.3 Å². The minimum absolute atomic E-state index is 0.680. The number of benzene rings is 3. The molecule has 5 rings (SSSR count). The molecule has 5 nitrogen and oxygen atoms in total. The van der Waals surface area contributed by atoms with Crippen LogP contribution in [0.3, 0.4) is 0 Å². The molecule has 2 aliphatic rings. The van der Waals surface area contributed by atoms with Gasteiger partial charge in [0.1, 0.15) is 19.1 Å². The molecule has 0 unspecified atom stereocenters. The minimum Gasteiger partial charge on any atom is -0.453 e. The molecule has 6 heteroatoms. The number of nitrogens with zero attached hydrogens (tertiary/aromatic N) is 4. The smallest absolute Gasteiger partial charge is 0.155 e. The minimum atomic E-state index is 0.680. The Morgan fingerprint density at radius 2 is 1.74 bits per heavy atom. The molecule has 0 amide bonds. The summed E-state index contributed by atoms with van der Waals surface area (Å²) in [5.74, 6) is 0.689. The summed E-state index contributed by atoms with van der Waals surface area (Å²) in [5, 5.41) is 2.68. The molecule has 0 spiro atoms. The average molecular weight is 404 g/mol.